The number of aromatic nitrogens is 3. The lowest BCUT2D eigenvalue weighted by Crippen LogP contribution is -2.44. The van der Waals surface area contributed by atoms with Crippen LogP contribution in [0.5, 0.6) is 0 Å². The van der Waals surface area contributed by atoms with Crippen molar-refractivity contribution in [3.8, 4) is 0 Å². The fraction of sp³-hybridized carbons (Fsp3) is 0.476. The van der Waals surface area contributed by atoms with E-state index >= 15 is 0 Å². The van der Waals surface area contributed by atoms with Crippen LogP contribution in [0.3, 0.4) is 0 Å². The predicted molar refractivity (Wildman–Crippen MR) is 107 cm³/mol. The Morgan fingerprint density at radius 3 is 2.93 bits per heavy atom. The van der Waals surface area contributed by atoms with Crippen LogP contribution in [0.4, 0.5) is 4.79 Å². The van der Waals surface area contributed by atoms with Gasteiger partial charge in [0, 0.05) is 18.5 Å². The predicted octanol–water partition coefficient (Wildman–Crippen LogP) is 3.94. The van der Waals surface area contributed by atoms with Gasteiger partial charge >= 0.3 is 6.03 Å². The number of rotatable bonds is 3. The van der Waals surface area contributed by atoms with Gasteiger partial charge in [0.2, 0.25) is 0 Å². The molecule has 1 aliphatic heterocycles. The van der Waals surface area contributed by atoms with Crippen molar-refractivity contribution in [2.24, 2.45) is 0 Å². The fourth-order valence-electron chi connectivity index (χ4n) is 3.55. The first-order valence-corrected chi connectivity index (χ1v) is 9.83. The third-order valence-electron chi connectivity index (χ3n) is 5.20. The van der Waals surface area contributed by atoms with Crippen LogP contribution in [0.25, 0.3) is 11.1 Å². The van der Waals surface area contributed by atoms with Crippen molar-refractivity contribution in [2.75, 3.05) is 13.1 Å². The number of para-hydroxylation sites is 2. The second kappa shape index (κ2) is 7.30. The molecule has 7 heteroatoms. The van der Waals surface area contributed by atoms with Crippen molar-refractivity contribution < 1.29 is 9.21 Å². The van der Waals surface area contributed by atoms with Crippen molar-refractivity contribution in [1.29, 1.82) is 0 Å². The lowest BCUT2D eigenvalue weighted by atomic mass is 9.92. The number of hydrogen-bond acceptors (Lipinski definition) is 4. The molecule has 1 aromatic carbocycles. The average Bonchev–Trinajstić information content (AvgIpc) is 3.33. The maximum Gasteiger partial charge on any atom is 0.317 e. The summed E-state index contributed by atoms with van der Waals surface area (Å²) in [6.45, 7) is 8.15. The lowest BCUT2D eigenvalue weighted by molar-refractivity contribution is 0.174. The third kappa shape index (κ3) is 3.88. The Balaban J connectivity index is 1.37. The molecule has 0 unspecified atom stereocenters. The normalized spacial score (nSPS) is 17.8. The van der Waals surface area contributed by atoms with Crippen LogP contribution < -0.4 is 5.32 Å². The molecule has 1 saturated heterocycles. The second-order valence-electron chi connectivity index (χ2n) is 8.49. The lowest BCUT2D eigenvalue weighted by Gasteiger charge is -2.31. The SMILES string of the molecule is CC(C)(C)c1cc(CNC(=O)N2CCC[C@@H](c3nc4ccccc4o3)C2)[nH]n1. The molecule has 1 aliphatic rings. The number of carbonyl (C=O) groups excluding carboxylic acids is 1. The Kier molecular flexibility index (Phi) is 4.83. The minimum absolute atomic E-state index is 0.0154. The van der Waals surface area contributed by atoms with Crippen molar-refractivity contribution in [2.45, 2.75) is 51.5 Å². The summed E-state index contributed by atoms with van der Waals surface area (Å²) in [5.41, 5.74) is 3.55. The van der Waals surface area contributed by atoms with Crippen LogP contribution in [0.15, 0.2) is 34.7 Å². The minimum atomic E-state index is -0.0623. The summed E-state index contributed by atoms with van der Waals surface area (Å²) >= 11 is 0. The highest BCUT2D eigenvalue weighted by Gasteiger charge is 2.28. The fourth-order valence-corrected chi connectivity index (χ4v) is 3.55. The maximum atomic E-state index is 12.7. The number of urea groups is 1. The zero-order valence-corrected chi connectivity index (χ0v) is 16.7. The summed E-state index contributed by atoms with van der Waals surface area (Å²) < 4.78 is 5.92. The molecule has 2 aromatic heterocycles. The number of H-pyrrole nitrogens is 1. The molecule has 2 amide bonds. The Morgan fingerprint density at radius 2 is 2.18 bits per heavy atom. The quantitative estimate of drug-likeness (QED) is 0.719. The highest BCUT2D eigenvalue weighted by atomic mass is 16.3. The summed E-state index contributed by atoms with van der Waals surface area (Å²) in [5.74, 6) is 0.855. The van der Waals surface area contributed by atoms with Crippen LogP contribution >= 0.6 is 0 Å². The topological polar surface area (TPSA) is 87.0 Å². The minimum Gasteiger partial charge on any atom is -0.440 e. The molecule has 0 saturated carbocycles. The molecule has 2 N–H and O–H groups in total. The number of oxazole rings is 1. The van der Waals surface area contributed by atoms with Gasteiger partial charge in [-0.2, -0.15) is 5.10 Å². The van der Waals surface area contributed by atoms with Crippen LogP contribution in [0.1, 0.15) is 56.8 Å². The summed E-state index contributed by atoms with van der Waals surface area (Å²) in [7, 11) is 0. The smallest absolute Gasteiger partial charge is 0.317 e. The van der Waals surface area contributed by atoms with Gasteiger partial charge in [0.1, 0.15) is 5.52 Å². The van der Waals surface area contributed by atoms with Gasteiger partial charge in [0.15, 0.2) is 11.5 Å². The van der Waals surface area contributed by atoms with Crippen molar-refractivity contribution in [3.05, 3.63) is 47.6 Å². The van der Waals surface area contributed by atoms with E-state index in [-0.39, 0.29) is 17.4 Å². The summed E-state index contributed by atoms with van der Waals surface area (Å²) in [5, 5.41) is 10.3. The molecule has 148 valence electrons. The molecule has 1 atom stereocenters. The van der Waals surface area contributed by atoms with Gasteiger partial charge in [-0.15, -0.1) is 0 Å². The van der Waals surface area contributed by atoms with Crippen molar-refractivity contribution in [3.63, 3.8) is 0 Å². The standard InChI is InChI=1S/C21H27N5O2/c1-21(2,3)18-11-15(24-25-18)12-22-20(27)26-10-6-7-14(13-26)19-23-16-8-4-5-9-17(16)28-19/h4-5,8-9,11,14H,6-7,10,12-13H2,1-3H3,(H,22,27)(H,24,25)/t14-/m1/s1. The molecule has 4 rings (SSSR count). The first kappa shape index (κ1) is 18.5. The number of piperidine rings is 1. The summed E-state index contributed by atoms with van der Waals surface area (Å²) in [4.78, 5) is 19.1. The second-order valence-corrected chi connectivity index (χ2v) is 8.49. The third-order valence-corrected chi connectivity index (χ3v) is 5.20. The van der Waals surface area contributed by atoms with Gasteiger partial charge in [-0.3, -0.25) is 5.10 Å². The molecular formula is C21H27N5O2. The van der Waals surface area contributed by atoms with Gasteiger partial charge < -0.3 is 14.6 Å². The molecule has 3 heterocycles. The van der Waals surface area contributed by atoms with E-state index in [9.17, 15) is 4.79 Å². The Morgan fingerprint density at radius 1 is 1.36 bits per heavy atom. The number of benzene rings is 1. The molecule has 7 nitrogen and oxygen atoms in total. The first-order chi connectivity index (χ1) is 13.4. The van der Waals surface area contributed by atoms with E-state index in [0.29, 0.717) is 13.1 Å². The van der Waals surface area contributed by atoms with E-state index in [1.165, 1.54) is 0 Å². The molecular weight excluding hydrogens is 354 g/mol. The van der Waals surface area contributed by atoms with E-state index in [1.807, 2.05) is 35.2 Å². The number of fused-ring (bicyclic) bond motifs is 1. The van der Waals surface area contributed by atoms with Gasteiger partial charge in [-0.25, -0.2) is 9.78 Å². The zero-order valence-electron chi connectivity index (χ0n) is 16.7. The number of nitrogens with one attached hydrogen (secondary N) is 2. The van der Waals surface area contributed by atoms with E-state index in [2.05, 4.69) is 41.3 Å². The Hall–Kier alpha value is -2.83. The van der Waals surface area contributed by atoms with Gasteiger partial charge in [0.25, 0.3) is 0 Å². The number of nitrogens with zero attached hydrogens (tertiary/aromatic N) is 3. The number of hydrogen-bond donors (Lipinski definition) is 2. The molecule has 0 radical (unpaired) electrons. The molecule has 1 fully saturated rings. The summed E-state index contributed by atoms with van der Waals surface area (Å²) in [6.07, 6.45) is 1.92. The van der Waals surface area contributed by atoms with E-state index < -0.39 is 0 Å². The number of aromatic amines is 1. The van der Waals surface area contributed by atoms with Gasteiger partial charge in [0.05, 0.1) is 23.9 Å². The van der Waals surface area contributed by atoms with E-state index in [4.69, 9.17) is 4.42 Å². The van der Waals surface area contributed by atoms with E-state index in [0.717, 1.165) is 47.8 Å². The molecule has 0 aliphatic carbocycles. The maximum absolute atomic E-state index is 12.7. The first-order valence-electron chi connectivity index (χ1n) is 9.83. The van der Waals surface area contributed by atoms with Crippen molar-refractivity contribution >= 4 is 17.1 Å². The summed E-state index contributed by atoms with van der Waals surface area (Å²) in [6, 6.07) is 9.72. The van der Waals surface area contributed by atoms with E-state index in [1.54, 1.807) is 0 Å². The number of amides is 2. The van der Waals surface area contributed by atoms with Crippen LogP contribution in [-0.4, -0.2) is 39.2 Å². The van der Waals surface area contributed by atoms with Crippen LogP contribution in [-0.2, 0) is 12.0 Å². The number of carbonyl (C=O) groups is 1. The highest BCUT2D eigenvalue weighted by Crippen LogP contribution is 2.29. The van der Waals surface area contributed by atoms with Crippen LogP contribution in [0, 0.1) is 0 Å². The molecule has 0 bridgehead atoms. The molecule has 28 heavy (non-hydrogen) atoms. The van der Waals surface area contributed by atoms with Crippen LogP contribution in [0.2, 0.25) is 0 Å². The van der Waals surface area contributed by atoms with Gasteiger partial charge in [-0.05, 0) is 31.0 Å². The molecule has 0 spiro atoms. The number of likely N-dealkylation sites (tertiary alicyclic amines) is 1. The average molecular weight is 381 g/mol. The highest BCUT2D eigenvalue weighted by molar-refractivity contribution is 5.74. The van der Waals surface area contributed by atoms with Gasteiger partial charge in [-0.1, -0.05) is 32.9 Å². The largest absolute Gasteiger partial charge is 0.440 e. The zero-order chi connectivity index (χ0) is 19.7. The molecule has 3 aromatic rings. The monoisotopic (exact) mass is 381 g/mol. The Bertz CT molecular complexity index is 935. The Labute approximate surface area is 164 Å². The van der Waals surface area contributed by atoms with Crippen molar-refractivity contribution in [1.82, 2.24) is 25.4 Å².